The second-order valence-corrected chi connectivity index (χ2v) is 8.71. The summed E-state index contributed by atoms with van der Waals surface area (Å²) >= 11 is 0. The van der Waals surface area contributed by atoms with Gasteiger partial charge in [-0.2, -0.15) is 0 Å². The van der Waals surface area contributed by atoms with Gasteiger partial charge in [-0.15, -0.1) is 0 Å². The number of hydrogen-bond acceptors (Lipinski definition) is 6. The van der Waals surface area contributed by atoms with Gasteiger partial charge in [-0.3, -0.25) is 9.59 Å². The largest absolute Gasteiger partial charge is 0.395 e. The molecule has 1 aromatic rings. The highest BCUT2D eigenvalue weighted by Gasteiger charge is 2.37. The van der Waals surface area contributed by atoms with E-state index in [1.54, 1.807) is 0 Å². The van der Waals surface area contributed by atoms with Gasteiger partial charge in [0.15, 0.2) is 9.84 Å². The van der Waals surface area contributed by atoms with E-state index >= 15 is 0 Å². The van der Waals surface area contributed by atoms with Gasteiger partial charge in [-0.05, 0) is 12.0 Å². The minimum Gasteiger partial charge on any atom is -0.395 e. The van der Waals surface area contributed by atoms with E-state index in [0.717, 1.165) is 5.56 Å². The number of carbonyl (C=O) groups excluding carboxylic acids is 2. The minimum atomic E-state index is -3.20. The molecule has 0 aliphatic carbocycles. The van der Waals surface area contributed by atoms with Crippen molar-refractivity contribution in [3.05, 3.63) is 35.9 Å². The number of aliphatic hydroxyl groups is 1. The van der Waals surface area contributed by atoms with Crippen LogP contribution in [-0.2, 0) is 30.7 Å². The van der Waals surface area contributed by atoms with Crippen molar-refractivity contribution >= 4 is 21.7 Å². The Morgan fingerprint density at radius 1 is 1.19 bits per heavy atom. The Hall–Kier alpha value is -1.97. The van der Waals surface area contributed by atoms with Gasteiger partial charge in [0.05, 0.1) is 24.7 Å². The van der Waals surface area contributed by atoms with E-state index in [0.29, 0.717) is 6.42 Å². The maximum Gasteiger partial charge on any atom is 0.312 e. The molecular formula is C18H26N2O6S. The van der Waals surface area contributed by atoms with Crippen molar-refractivity contribution in [3.63, 3.8) is 0 Å². The monoisotopic (exact) mass is 398 g/mol. The molecule has 0 spiro atoms. The average Bonchev–Trinajstić information content (AvgIpc) is 3.01. The summed E-state index contributed by atoms with van der Waals surface area (Å²) in [6, 6.07) is 8.62. The molecule has 1 atom stereocenters. The molecule has 0 aromatic heterocycles. The molecule has 1 fully saturated rings. The van der Waals surface area contributed by atoms with Gasteiger partial charge >= 0.3 is 11.8 Å². The first-order valence-corrected chi connectivity index (χ1v) is 10.6. The maximum atomic E-state index is 12.9. The molecule has 2 rings (SSSR count). The van der Waals surface area contributed by atoms with Gasteiger partial charge in [0.1, 0.15) is 0 Å². The number of nitrogens with zero attached hydrogens (tertiary/aromatic N) is 2. The third-order valence-corrected chi connectivity index (χ3v) is 6.25. The number of ether oxygens (including phenoxy) is 1. The van der Waals surface area contributed by atoms with Gasteiger partial charge in [0.25, 0.3) is 0 Å². The molecular weight excluding hydrogens is 372 g/mol. The van der Waals surface area contributed by atoms with Crippen LogP contribution in [0.3, 0.4) is 0 Å². The standard InChI is InChI=1S/C18H26N2O6S/c1-26-11-9-20(16-7-12-27(24,25)14-16)18(23)17(22)19(8-10-21)13-15-5-3-2-4-6-15/h2-6,16,21H,7-14H2,1H3. The molecule has 1 heterocycles. The summed E-state index contributed by atoms with van der Waals surface area (Å²) in [5.74, 6) is -1.66. The number of benzene rings is 1. The first kappa shape index (κ1) is 21.3. The maximum absolute atomic E-state index is 12.9. The summed E-state index contributed by atoms with van der Waals surface area (Å²) in [5, 5.41) is 9.29. The van der Waals surface area contributed by atoms with Crippen LogP contribution in [0.25, 0.3) is 0 Å². The van der Waals surface area contributed by atoms with E-state index in [2.05, 4.69) is 0 Å². The Kier molecular flexibility index (Phi) is 7.76. The summed E-state index contributed by atoms with van der Waals surface area (Å²) in [6.07, 6.45) is 0.309. The van der Waals surface area contributed by atoms with Crippen molar-refractivity contribution in [2.75, 3.05) is 44.9 Å². The zero-order chi connectivity index (χ0) is 19.9. The molecule has 1 aliphatic heterocycles. The van der Waals surface area contributed by atoms with E-state index in [1.165, 1.54) is 16.9 Å². The Balaban J connectivity index is 2.16. The zero-order valence-electron chi connectivity index (χ0n) is 15.4. The third kappa shape index (κ3) is 6.02. The quantitative estimate of drug-likeness (QED) is 0.602. The second kappa shape index (κ2) is 9.82. The van der Waals surface area contributed by atoms with Gasteiger partial charge in [0, 0.05) is 32.8 Å². The molecule has 1 N–H and O–H groups in total. The number of hydrogen-bond donors (Lipinski definition) is 1. The molecule has 1 aromatic carbocycles. The Morgan fingerprint density at radius 2 is 1.89 bits per heavy atom. The molecule has 27 heavy (non-hydrogen) atoms. The van der Waals surface area contributed by atoms with Crippen LogP contribution in [0.2, 0.25) is 0 Å². The third-order valence-electron chi connectivity index (χ3n) is 4.50. The normalized spacial score (nSPS) is 18.2. The molecule has 2 amide bonds. The molecule has 1 aliphatic rings. The Bertz CT molecular complexity index is 737. The fourth-order valence-electron chi connectivity index (χ4n) is 3.10. The number of carbonyl (C=O) groups is 2. The number of methoxy groups -OCH3 is 1. The SMILES string of the molecule is COCCN(C(=O)C(=O)N(CCO)Cc1ccccc1)C1CCS(=O)(=O)C1. The first-order chi connectivity index (χ1) is 12.9. The van der Waals surface area contributed by atoms with Crippen LogP contribution >= 0.6 is 0 Å². The van der Waals surface area contributed by atoms with Crippen molar-refractivity contribution < 1.29 is 27.9 Å². The van der Waals surface area contributed by atoms with Crippen molar-refractivity contribution in [3.8, 4) is 0 Å². The molecule has 1 unspecified atom stereocenters. The number of sulfone groups is 1. The summed E-state index contributed by atoms with van der Waals surface area (Å²) in [5.41, 5.74) is 0.832. The predicted octanol–water partition coefficient (Wildman–Crippen LogP) is -0.330. The van der Waals surface area contributed by atoms with Gasteiger partial charge in [-0.25, -0.2) is 8.42 Å². The highest BCUT2D eigenvalue weighted by molar-refractivity contribution is 7.91. The van der Waals surface area contributed by atoms with Crippen LogP contribution < -0.4 is 0 Å². The first-order valence-electron chi connectivity index (χ1n) is 8.82. The lowest BCUT2D eigenvalue weighted by Gasteiger charge is -2.30. The van der Waals surface area contributed by atoms with E-state index in [4.69, 9.17) is 4.74 Å². The number of amides is 2. The molecule has 8 nitrogen and oxygen atoms in total. The fraction of sp³-hybridized carbons (Fsp3) is 0.556. The van der Waals surface area contributed by atoms with Crippen LogP contribution in [-0.4, -0.2) is 86.1 Å². The molecule has 0 bridgehead atoms. The molecule has 0 saturated carbocycles. The lowest BCUT2D eigenvalue weighted by Crippen LogP contribution is -2.51. The summed E-state index contributed by atoms with van der Waals surface area (Å²) in [7, 11) is -1.73. The number of rotatable bonds is 8. The summed E-state index contributed by atoms with van der Waals surface area (Å²) in [6.45, 7) is 0.267. The molecule has 150 valence electrons. The van der Waals surface area contributed by atoms with E-state index in [9.17, 15) is 23.1 Å². The Labute approximate surface area is 159 Å². The van der Waals surface area contributed by atoms with Gasteiger partial charge in [0.2, 0.25) is 0 Å². The van der Waals surface area contributed by atoms with Crippen LogP contribution in [0.5, 0.6) is 0 Å². The highest BCUT2D eigenvalue weighted by atomic mass is 32.2. The minimum absolute atomic E-state index is 0.00693. The van der Waals surface area contributed by atoms with Crippen LogP contribution in [0, 0.1) is 0 Å². The van der Waals surface area contributed by atoms with Crippen molar-refractivity contribution in [1.82, 2.24) is 9.80 Å². The van der Waals surface area contributed by atoms with Gasteiger partial charge < -0.3 is 19.6 Å². The van der Waals surface area contributed by atoms with Crippen LogP contribution in [0.4, 0.5) is 0 Å². The highest BCUT2D eigenvalue weighted by Crippen LogP contribution is 2.19. The molecule has 9 heteroatoms. The predicted molar refractivity (Wildman–Crippen MR) is 99.6 cm³/mol. The summed E-state index contributed by atoms with van der Waals surface area (Å²) < 4.78 is 28.6. The van der Waals surface area contributed by atoms with Crippen molar-refractivity contribution in [1.29, 1.82) is 0 Å². The van der Waals surface area contributed by atoms with Crippen molar-refractivity contribution in [2.24, 2.45) is 0 Å². The zero-order valence-corrected chi connectivity index (χ0v) is 16.2. The fourth-order valence-corrected chi connectivity index (χ4v) is 4.83. The second-order valence-electron chi connectivity index (χ2n) is 6.48. The lowest BCUT2D eigenvalue weighted by molar-refractivity contribution is -0.154. The molecule has 1 saturated heterocycles. The number of aliphatic hydroxyl groups excluding tert-OH is 1. The summed E-state index contributed by atoms with van der Waals surface area (Å²) in [4.78, 5) is 28.2. The van der Waals surface area contributed by atoms with Crippen LogP contribution in [0.1, 0.15) is 12.0 Å². The van der Waals surface area contributed by atoms with Gasteiger partial charge in [-0.1, -0.05) is 30.3 Å². The van der Waals surface area contributed by atoms with Crippen LogP contribution in [0.15, 0.2) is 30.3 Å². The lowest BCUT2D eigenvalue weighted by atomic mass is 10.2. The average molecular weight is 398 g/mol. The smallest absolute Gasteiger partial charge is 0.312 e. The topological polar surface area (TPSA) is 104 Å². The Morgan fingerprint density at radius 3 is 2.44 bits per heavy atom. The van der Waals surface area contributed by atoms with E-state index in [1.807, 2.05) is 30.3 Å². The van der Waals surface area contributed by atoms with E-state index < -0.39 is 27.7 Å². The van der Waals surface area contributed by atoms with E-state index in [-0.39, 0.29) is 44.4 Å². The molecule has 0 radical (unpaired) electrons. The van der Waals surface area contributed by atoms with Crippen molar-refractivity contribution in [2.45, 2.75) is 19.0 Å².